The largest absolute Gasteiger partial charge is 0.507 e. The number of aromatic hydroxyl groups is 1. The van der Waals surface area contributed by atoms with Crippen molar-refractivity contribution in [3.8, 4) is 28.1 Å². The van der Waals surface area contributed by atoms with E-state index in [1.54, 1.807) is 12.1 Å². The van der Waals surface area contributed by atoms with Gasteiger partial charge in [0.2, 0.25) is 11.9 Å². The number of rotatable bonds is 4. The molecule has 33 heavy (non-hydrogen) atoms. The number of phenols is 1. The number of nitrogens with one attached hydrogen (secondary N) is 1. The van der Waals surface area contributed by atoms with Crippen LogP contribution in [0.5, 0.6) is 5.75 Å². The van der Waals surface area contributed by atoms with Gasteiger partial charge in [0.15, 0.2) is 5.82 Å². The number of anilines is 1. The van der Waals surface area contributed by atoms with E-state index in [1.807, 2.05) is 12.1 Å². The molecule has 2 aliphatic heterocycles. The smallest absolute Gasteiger partial charge is 0.216 e. The second kappa shape index (κ2) is 7.73. The van der Waals surface area contributed by atoms with Gasteiger partial charge in [-0.2, -0.15) is 13.8 Å². The van der Waals surface area contributed by atoms with E-state index in [0.29, 0.717) is 28.4 Å². The van der Waals surface area contributed by atoms with E-state index in [1.165, 1.54) is 18.9 Å². The molecule has 3 aromatic rings. The second-order valence-corrected chi connectivity index (χ2v) is 9.93. The van der Waals surface area contributed by atoms with Gasteiger partial charge in [-0.3, -0.25) is 0 Å². The van der Waals surface area contributed by atoms with Gasteiger partial charge in [0.25, 0.3) is 0 Å². The van der Waals surface area contributed by atoms with Gasteiger partial charge in [0.1, 0.15) is 5.75 Å². The SMILES string of the molecule is CN(c1ccc(-c2ccc(-c3cc(F)nc(F)c3)cc2O)nn1)C1C[C@]2(C)CC[C@](C)(C1)N2. The number of hydrogen-bond acceptors (Lipinski definition) is 6. The first-order valence-electron chi connectivity index (χ1n) is 11.2. The van der Waals surface area contributed by atoms with Gasteiger partial charge < -0.3 is 15.3 Å². The highest BCUT2D eigenvalue weighted by Gasteiger charge is 2.49. The van der Waals surface area contributed by atoms with Crippen LogP contribution < -0.4 is 10.2 Å². The molecule has 0 radical (unpaired) electrons. The maximum atomic E-state index is 13.4. The summed E-state index contributed by atoms with van der Waals surface area (Å²) in [6, 6.07) is 11.2. The lowest BCUT2D eigenvalue weighted by Crippen LogP contribution is -2.58. The molecule has 2 saturated heterocycles. The van der Waals surface area contributed by atoms with Crippen molar-refractivity contribution in [3.63, 3.8) is 0 Å². The summed E-state index contributed by atoms with van der Waals surface area (Å²) in [5, 5.41) is 23.1. The molecular weight excluding hydrogens is 424 g/mol. The summed E-state index contributed by atoms with van der Waals surface area (Å²) in [7, 11) is 2.06. The third-order valence-electron chi connectivity index (χ3n) is 7.13. The summed E-state index contributed by atoms with van der Waals surface area (Å²) >= 11 is 0. The molecule has 0 amide bonds. The standard InChI is InChI=1S/C25H27F2N5O/c1-24-8-9-25(2,31-24)14-17(13-24)32(3)23-7-6-19(29-30-23)18-5-4-15(10-20(18)33)16-11-21(26)28-22(27)12-16/h4-7,10-12,17,31,33H,8-9,13-14H2,1-3H3/t17?,24-,25+. The third kappa shape index (κ3) is 4.15. The van der Waals surface area contributed by atoms with Crippen LogP contribution in [0.25, 0.3) is 22.4 Å². The van der Waals surface area contributed by atoms with Crippen LogP contribution in [-0.4, -0.2) is 44.5 Å². The summed E-state index contributed by atoms with van der Waals surface area (Å²) in [5.74, 6) is -1.08. The minimum atomic E-state index is -0.913. The Kier molecular flexibility index (Phi) is 5.08. The van der Waals surface area contributed by atoms with Crippen LogP contribution in [0.15, 0.2) is 42.5 Å². The van der Waals surface area contributed by atoms with Crippen molar-refractivity contribution in [2.24, 2.45) is 0 Å². The molecule has 0 saturated carbocycles. The molecule has 2 bridgehead atoms. The van der Waals surface area contributed by atoms with E-state index in [-0.39, 0.29) is 16.8 Å². The molecule has 2 fully saturated rings. The van der Waals surface area contributed by atoms with Crippen LogP contribution in [0, 0.1) is 11.9 Å². The van der Waals surface area contributed by atoms with Crippen LogP contribution in [0.1, 0.15) is 39.5 Å². The Morgan fingerprint density at radius 2 is 1.61 bits per heavy atom. The van der Waals surface area contributed by atoms with Gasteiger partial charge in [-0.15, -0.1) is 10.2 Å². The van der Waals surface area contributed by atoms with E-state index in [2.05, 4.69) is 46.3 Å². The van der Waals surface area contributed by atoms with E-state index in [9.17, 15) is 13.9 Å². The zero-order chi connectivity index (χ0) is 23.4. The molecule has 0 spiro atoms. The zero-order valence-corrected chi connectivity index (χ0v) is 18.9. The van der Waals surface area contributed by atoms with Crippen LogP contribution >= 0.6 is 0 Å². The fraction of sp³-hybridized carbons (Fsp3) is 0.400. The molecule has 4 heterocycles. The van der Waals surface area contributed by atoms with Crippen LogP contribution in [0.2, 0.25) is 0 Å². The topological polar surface area (TPSA) is 74.2 Å². The fourth-order valence-corrected chi connectivity index (χ4v) is 5.50. The highest BCUT2D eigenvalue weighted by molar-refractivity contribution is 5.74. The fourth-order valence-electron chi connectivity index (χ4n) is 5.50. The van der Waals surface area contributed by atoms with Crippen molar-refractivity contribution in [2.45, 2.75) is 56.7 Å². The van der Waals surface area contributed by atoms with Gasteiger partial charge in [-0.1, -0.05) is 6.07 Å². The number of pyridine rings is 1. The number of hydrogen-bond donors (Lipinski definition) is 2. The summed E-state index contributed by atoms with van der Waals surface area (Å²) in [4.78, 5) is 5.30. The lowest BCUT2D eigenvalue weighted by Gasteiger charge is -2.45. The Labute approximate surface area is 191 Å². The van der Waals surface area contributed by atoms with Gasteiger partial charge in [0, 0.05) is 41.9 Å². The van der Waals surface area contributed by atoms with Crippen molar-refractivity contribution < 1.29 is 13.9 Å². The normalized spacial score (nSPS) is 26.4. The number of aromatic nitrogens is 3. The van der Waals surface area contributed by atoms with Crippen molar-refractivity contribution >= 4 is 5.82 Å². The highest BCUT2D eigenvalue weighted by atomic mass is 19.1. The molecule has 2 aliphatic rings. The third-order valence-corrected chi connectivity index (χ3v) is 7.13. The van der Waals surface area contributed by atoms with E-state index in [4.69, 9.17) is 0 Å². The molecule has 5 rings (SSSR count). The van der Waals surface area contributed by atoms with E-state index >= 15 is 0 Å². The molecule has 172 valence electrons. The first kappa shape index (κ1) is 21.7. The Morgan fingerprint density at radius 3 is 2.18 bits per heavy atom. The number of nitrogens with zero attached hydrogens (tertiary/aromatic N) is 4. The molecular formula is C25H27F2N5O. The molecule has 2 N–H and O–H groups in total. The Balaban J connectivity index is 1.36. The predicted octanol–water partition coefficient (Wildman–Crippen LogP) is 4.69. The van der Waals surface area contributed by atoms with Gasteiger partial charge in [-0.05, 0) is 74.9 Å². The Hall–Kier alpha value is -3.13. The highest BCUT2D eigenvalue weighted by Crippen LogP contribution is 2.43. The van der Waals surface area contributed by atoms with E-state index in [0.717, 1.165) is 30.8 Å². The molecule has 3 atom stereocenters. The quantitative estimate of drug-likeness (QED) is 0.561. The summed E-state index contributed by atoms with van der Waals surface area (Å²) < 4.78 is 26.9. The molecule has 1 aromatic carbocycles. The number of benzene rings is 1. The predicted molar refractivity (Wildman–Crippen MR) is 123 cm³/mol. The number of piperidine rings is 1. The van der Waals surface area contributed by atoms with Crippen molar-refractivity contribution in [2.75, 3.05) is 11.9 Å². The zero-order valence-electron chi connectivity index (χ0n) is 18.9. The number of fused-ring (bicyclic) bond motifs is 2. The molecule has 1 unspecified atom stereocenters. The van der Waals surface area contributed by atoms with Crippen molar-refractivity contribution in [1.29, 1.82) is 0 Å². The summed E-state index contributed by atoms with van der Waals surface area (Å²) in [5.41, 5.74) is 2.11. The average molecular weight is 452 g/mol. The van der Waals surface area contributed by atoms with Gasteiger partial charge in [-0.25, -0.2) is 0 Å². The lowest BCUT2D eigenvalue weighted by molar-refractivity contribution is 0.207. The maximum absolute atomic E-state index is 13.4. The Morgan fingerprint density at radius 1 is 0.939 bits per heavy atom. The Bertz CT molecular complexity index is 1170. The first-order chi connectivity index (χ1) is 15.6. The molecule has 8 heteroatoms. The summed E-state index contributed by atoms with van der Waals surface area (Å²) in [6.45, 7) is 4.60. The monoisotopic (exact) mass is 451 g/mol. The minimum absolute atomic E-state index is 0.0451. The minimum Gasteiger partial charge on any atom is -0.507 e. The number of phenolic OH excluding ortho intramolecular Hbond substituents is 1. The van der Waals surface area contributed by atoms with Crippen molar-refractivity contribution in [3.05, 3.63) is 54.4 Å². The van der Waals surface area contributed by atoms with Gasteiger partial charge in [0.05, 0.1) is 5.69 Å². The number of halogens is 2. The average Bonchev–Trinajstić information content (AvgIpc) is 2.99. The maximum Gasteiger partial charge on any atom is 0.216 e. The second-order valence-electron chi connectivity index (χ2n) is 9.93. The van der Waals surface area contributed by atoms with Crippen LogP contribution in [0.4, 0.5) is 14.6 Å². The van der Waals surface area contributed by atoms with Crippen LogP contribution in [0.3, 0.4) is 0 Å². The molecule has 6 nitrogen and oxygen atoms in total. The van der Waals surface area contributed by atoms with Gasteiger partial charge >= 0.3 is 0 Å². The summed E-state index contributed by atoms with van der Waals surface area (Å²) in [6.07, 6.45) is 4.49. The van der Waals surface area contributed by atoms with Crippen LogP contribution in [-0.2, 0) is 0 Å². The van der Waals surface area contributed by atoms with E-state index < -0.39 is 11.9 Å². The first-order valence-corrected chi connectivity index (χ1v) is 11.2. The lowest BCUT2D eigenvalue weighted by atomic mass is 9.84. The molecule has 0 aliphatic carbocycles. The molecule has 2 aromatic heterocycles. The van der Waals surface area contributed by atoms with Crippen molar-refractivity contribution in [1.82, 2.24) is 20.5 Å².